The van der Waals surface area contributed by atoms with E-state index in [1.54, 1.807) is 13.0 Å². The van der Waals surface area contributed by atoms with Gasteiger partial charge in [-0.1, -0.05) is 73.6 Å². The Morgan fingerprint density at radius 3 is 2.29 bits per heavy atom. The predicted molar refractivity (Wildman–Crippen MR) is 182 cm³/mol. The molecule has 0 bridgehead atoms. The predicted octanol–water partition coefficient (Wildman–Crippen LogP) is 3.71. The number of primary amides is 1. The van der Waals surface area contributed by atoms with Crippen molar-refractivity contribution in [3.8, 4) is 0 Å². The van der Waals surface area contributed by atoms with E-state index < -0.39 is 69.8 Å². The van der Waals surface area contributed by atoms with E-state index in [0.29, 0.717) is 36.3 Å². The lowest BCUT2D eigenvalue weighted by Crippen LogP contribution is -2.66. The SMILES string of the molecule is Cc1occc1[S+]([O-])CC1(NC(=O)N[C@H](C(=O)N2CC(C)C(C)(C)C[C@H]2C(=O)NC(CC2CC2)C(=O)C(N)=O)C(C)(C)C)CCCCC1. The Hall–Kier alpha value is -3.06. The minimum absolute atomic E-state index is 0.0290. The zero-order valence-corrected chi connectivity index (χ0v) is 30.4. The first-order chi connectivity index (χ1) is 22.3. The Balaban J connectivity index is 1.55. The first-order valence-electron chi connectivity index (χ1n) is 17.3. The van der Waals surface area contributed by atoms with Crippen LogP contribution in [0.5, 0.6) is 0 Å². The largest absolute Gasteiger partial charge is 0.611 e. The minimum atomic E-state index is -1.40. The standard InChI is InChI=1S/C35H55N5O7S/c1-21-19-40(25(18-34(21,6)7)30(43)37-24(17-23-11-12-23)27(41)29(36)42)31(44)28(33(3,4)5)38-32(45)39-35(14-9-8-10-15-35)20-48(46)26-13-16-47-22(26)2/h13,16,21,23-25,28H,8-12,14-15,17-20H2,1-7H3,(H2,36,42)(H,37,43)(H2,38,39,45)/t21?,24?,25-,28+,48?/m0/s1. The van der Waals surface area contributed by atoms with Crippen molar-refractivity contribution in [1.82, 2.24) is 20.9 Å². The van der Waals surface area contributed by atoms with Gasteiger partial charge >= 0.3 is 6.03 Å². The summed E-state index contributed by atoms with van der Waals surface area (Å²) in [6, 6.07) is -1.81. The molecule has 2 saturated carbocycles. The van der Waals surface area contributed by atoms with Crippen LogP contribution in [0.25, 0.3) is 0 Å². The summed E-state index contributed by atoms with van der Waals surface area (Å²) in [5, 5.41) is 8.84. The van der Waals surface area contributed by atoms with Crippen LogP contribution in [0.1, 0.15) is 105 Å². The normalized spacial score (nSPS) is 24.1. The van der Waals surface area contributed by atoms with Gasteiger partial charge in [0, 0.05) is 12.6 Å². The van der Waals surface area contributed by atoms with Crippen molar-refractivity contribution in [2.75, 3.05) is 12.3 Å². The summed E-state index contributed by atoms with van der Waals surface area (Å²) in [6.07, 6.45) is 8.08. The number of furan rings is 1. The van der Waals surface area contributed by atoms with Crippen LogP contribution in [0, 0.1) is 29.6 Å². The number of hydrogen-bond donors (Lipinski definition) is 4. The van der Waals surface area contributed by atoms with Crippen LogP contribution in [0.2, 0.25) is 0 Å². The lowest BCUT2D eigenvalue weighted by atomic mass is 9.71. The van der Waals surface area contributed by atoms with Gasteiger partial charge in [-0.05, 0) is 66.4 Å². The number of amides is 5. The average molecular weight is 690 g/mol. The highest BCUT2D eigenvalue weighted by molar-refractivity contribution is 7.91. The van der Waals surface area contributed by atoms with Crippen molar-refractivity contribution in [1.29, 1.82) is 0 Å². The second-order valence-corrected chi connectivity index (χ2v) is 17.6. The number of likely N-dealkylation sites (tertiary alicyclic amines) is 1. The highest BCUT2D eigenvalue weighted by Crippen LogP contribution is 2.40. The fourth-order valence-electron chi connectivity index (χ4n) is 7.01. The molecular formula is C35H55N5O7S. The highest BCUT2D eigenvalue weighted by atomic mass is 32.2. The molecule has 4 rings (SSSR count). The number of piperidine rings is 1. The number of Topliss-reactive ketones (excluding diaryl/α,β-unsaturated/α-hetero) is 1. The van der Waals surface area contributed by atoms with Crippen LogP contribution in [0.15, 0.2) is 21.6 Å². The molecule has 268 valence electrons. The van der Waals surface area contributed by atoms with Gasteiger partial charge in [0.25, 0.3) is 5.91 Å². The average Bonchev–Trinajstić information content (AvgIpc) is 3.71. The fourth-order valence-corrected chi connectivity index (χ4v) is 8.60. The minimum Gasteiger partial charge on any atom is -0.611 e. The summed E-state index contributed by atoms with van der Waals surface area (Å²) in [5.41, 5.74) is 3.55. The number of ketones is 1. The monoisotopic (exact) mass is 689 g/mol. The molecule has 0 aromatic carbocycles. The van der Waals surface area contributed by atoms with E-state index in [0.717, 1.165) is 32.1 Å². The first kappa shape index (κ1) is 37.8. The first-order valence-corrected chi connectivity index (χ1v) is 18.6. The number of hydrogen-bond acceptors (Lipinski definition) is 7. The van der Waals surface area contributed by atoms with E-state index in [1.165, 1.54) is 11.2 Å². The summed E-state index contributed by atoms with van der Waals surface area (Å²) < 4.78 is 18.8. The Morgan fingerprint density at radius 1 is 1.10 bits per heavy atom. The van der Waals surface area contributed by atoms with Crippen LogP contribution < -0.4 is 21.7 Å². The molecule has 2 heterocycles. The summed E-state index contributed by atoms with van der Waals surface area (Å²) in [7, 11) is 0. The molecule has 5 amide bonds. The summed E-state index contributed by atoms with van der Waals surface area (Å²) in [4.78, 5) is 68.9. The molecule has 48 heavy (non-hydrogen) atoms. The Labute approximate surface area is 287 Å². The third-order valence-electron chi connectivity index (χ3n) is 10.7. The Morgan fingerprint density at radius 2 is 1.75 bits per heavy atom. The van der Waals surface area contributed by atoms with Crippen molar-refractivity contribution in [3.63, 3.8) is 0 Å². The van der Waals surface area contributed by atoms with Gasteiger partial charge in [0.1, 0.15) is 17.8 Å². The molecule has 1 saturated heterocycles. The number of nitrogens with two attached hydrogens (primary N) is 1. The van der Waals surface area contributed by atoms with Gasteiger partial charge in [-0.25, -0.2) is 4.79 Å². The maximum absolute atomic E-state index is 14.5. The van der Waals surface area contributed by atoms with Crippen LogP contribution >= 0.6 is 0 Å². The number of nitrogens with zero attached hydrogens (tertiary/aromatic N) is 1. The van der Waals surface area contributed by atoms with E-state index >= 15 is 0 Å². The van der Waals surface area contributed by atoms with Crippen molar-refractivity contribution < 1.29 is 32.9 Å². The van der Waals surface area contributed by atoms with Crippen LogP contribution in [0.4, 0.5) is 4.79 Å². The van der Waals surface area contributed by atoms with Gasteiger partial charge in [0.05, 0.1) is 17.8 Å². The number of rotatable bonds is 12. The van der Waals surface area contributed by atoms with Crippen molar-refractivity contribution >= 4 is 40.7 Å². The quantitative estimate of drug-likeness (QED) is 0.190. The van der Waals surface area contributed by atoms with Gasteiger partial charge in [0.15, 0.2) is 10.7 Å². The molecule has 1 aliphatic heterocycles. The Kier molecular flexibility index (Phi) is 11.7. The van der Waals surface area contributed by atoms with Crippen LogP contribution in [0.3, 0.4) is 0 Å². The van der Waals surface area contributed by atoms with E-state index in [1.807, 2.05) is 41.5 Å². The van der Waals surface area contributed by atoms with Gasteiger partial charge in [-0.2, -0.15) is 0 Å². The van der Waals surface area contributed by atoms with Crippen molar-refractivity contribution in [2.45, 2.75) is 135 Å². The number of carbonyl (C=O) groups is 5. The molecule has 0 spiro atoms. The lowest BCUT2D eigenvalue weighted by Gasteiger charge is -2.49. The van der Waals surface area contributed by atoms with E-state index in [9.17, 15) is 28.5 Å². The molecule has 13 heteroatoms. The molecule has 1 aromatic rings. The molecule has 0 radical (unpaired) electrons. The fraction of sp³-hybridized carbons (Fsp3) is 0.743. The summed E-state index contributed by atoms with van der Waals surface area (Å²) >= 11 is -1.40. The van der Waals surface area contributed by atoms with Gasteiger partial charge in [-0.15, -0.1) is 0 Å². The van der Waals surface area contributed by atoms with E-state index in [4.69, 9.17) is 10.2 Å². The van der Waals surface area contributed by atoms with Gasteiger partial charge < -0.3 is 35.6 Å². The number of urea groups is 1. The van der Waals surface area contributed by atoms with E-state index in [2.05, 4.69) is 16.0 Å². The summed E-state index contributed by atoms with van der Waals surface area (Å²) in [5.74, 6) is -1.80. The van der Waals surface area contributed by atoms with Crippen LogP contribution in [-0.2, 0) is 30.4 Å². The zero-order chi connectivity index (χ0) is 35.6. The number of aryl methyl sites for hydroxylation is 1. The third kappa shape index (κ3) is 9.13. The molecule has 5 N–H and O–H groups in total. The summed E-state index contributed by atoms with van der Waals surface area (Å²) in [6.45, 7) is 13.7. The van der Waals surface area contributed by atoms with Crippen LogP contribution in [-0.4, -0.2) is 75.0 Å². The van der Waals surface area contributed by atoms with Crippen molar-refractivity contribution in [2.24, 2.45) is 28.4 Å². The maximum Gasteiger partial charge on any atom is 0.316 e. The number of carbonyl (C=O) groups excluding carboxylic acids is 5. The molecule has 5 atom stereocenters. The lowest BCUT2D eigenvalue weighted by molar-refractivity contribution is -0.151. The second-order valence-electron chi connectivity index (χ2n) is 16.1. The van der Waals surface area contributed by atoms with E-state index in [-0.39, 0.29) is 29.5 Å². The third-order valence-corrected chi connectivity index (χ3v) is 12.4. The molecule has 3 aliphatic rings. The molecule has 1 aromatic heterocycles. The Bertz CT molecular complexity index is 1360. The molecular weight excluding hydrogens is 634 g/mol. The van der Waals surface area contributed by atoms with Gasteiger partial charge in [0.2, 0.25) is 17.6 Å². The van der Waals surface area contributed by atoms with Crippen molar-refractivity contribution in [3.05, 3.63) is 18.1 Å². The molecule has 2 aliphatic carbocycles. The zero-order valence-electron chi connectivity index (χ0n) is 29.6. The maximum atomic E-state index is 14.5. The molecule has 3 unspecified atom stereocenters. The molecule has 12 nitrogen and oxygen atoms in total. The molecule has 3 fully saturated rings. The number of nitrogens with one attached hydrogen (secondary N) is 3. The van der Waals surface area contributed by atoms with Gasteiger partial charge in [-0.3, -0.25) is 19.2 Å². The smallest absolute Gasteiger partial charge is 0.316 e. The highest BCUT2D eigenvalue weighted by Gasteiger charge is 2.48. The topological polar surface area (TPSA) is 187 Å². The second kappa shape index (κ2) is 14.8.